The number of thioether (sulfide) groups is 1. The quantitative estimate of drug-likeness (QED) is 0.0833. The van der Waals surface area contributed by atoms with Gasteiger partial charge in [-0.05, 0) is 50.0 Å². The first-order valence-corrected chi connectivity index (χ1v) is 14.5. The maximum absolute atomic E-state index is 12.8. The van der Waals surface area contributed by atoms with E-state index in [9.17, 15) is 19.5 Å². The van der Waals surface area contributed by atoms with Gasteiger partial charge in [-0.1, -0.05) is 70.9 Å². The van der Waals surface area contributed by atoms with Gasteiger partial charge in [0, 0.05) is 12.8 Å². The number of ketones is 1. The van der Waals surface area contributed by atoms with E-state index in [1.54, 1.807) is 23.9 Å². The van der Waals surface area contributed by atoms with E-state index in [0.29, 0.717) is 12.2 Å². The highest BCUT2D eigenvalue weighted by atomic mass is 32.2. The fourth-order valence-corrected chi connectivity index (χ4v) is 4.95. The number of carbonyl (C=O) groups is 3. The van der Waals surface area contributed by atoms with Gasteiger partial charge in [0.15, 0.2) is 0 Å². The maximum atomic E-state index is 12.8. The Bertz CT molecular complexity index is 852. The van der Waals surface area contributed by atoms with Gasteiger partial charge < -0.3 is 9.84 Å². The molecule has 0 saturated heterocycles. The first-order chi connectivity index (χ1) is 17.3. The van der Waals surface area contributed by atoms with Crippen molar-refractivity contribution in [1.82, 2.24) is 0 Å². The fourth-order valence-electron chi connectivity index (χ4n) is 4.06. The number of para-hydroxylation sites is 1. The molecule has 1 aromatic carbocycles. The predicted octanol–water partition coefficient (Wildman–Crippen LogP) is 7.57. The molecule has 0 saturated carbocycles. The number of unbranched alkanes of at least 4 members (excludes halogenated alkanes) is 9. The van der Waals surface area contributed by atoms with Crippen molar-refractivity contribution >= 4 is 29.5 Å². The Morgan fingerprint density at radius 1 is 0.944 bits per heavy atom. The van der Waals surface area contributed by atoms with E-state index in [-0.39, 0.29) is 29.4 Å². The summed E-state index contributed by atoms with van der Waals surface area (Å²) in [5.41, 5.74) is -0.0613. The van der Waals surface area contributed by atoms with E-state index in [0.717, 1.165) is 18.6 Å². The molecular formula is C30H44O5S. The van der Waals surface area contributed by atoms with Crippen LogP contribution in [-0.2, 0) is 9.59 Å². The number of hydrogen-bond donors (Lipinski definition) is 1. The minimum absolute atomic E-state index is 0.0207. The van der Waals surface area contributed by atoms with Crippen molar-refractivity contribution in [3.8, 4) is 17.6 Å². The van der Waals surface area contributed by atoms with E-state index in [1.807, 2.05) is 20.8 Å². The second-order valence-electron chi connectivity index (χ2n) is 9.70. The van der Waals surface area contributed by atoms with E-state index in [2.05, 4.69) is 11.8 Å². The maximum Gasteiger partial charge on any atom is 0.339 e. The van der Waals surface area contributed by atoms with Crippen LogP contribution in [0.1, 0.15) is 108 Å². The van der Waals surface area contributed by atoms with Crippen LogP contribution in [0.25, 0.3) is 0 Å². The number of carboxylic acids is 1. The molecule has 0 radical (unpaired) electrons. The Morgan fingerprint density at radius 3 is 2.17 bits per heavy atom. The average molecular weight is 517 g/mol. The molecule has 36 heavy (non-hydrogen) atoms. The second-order valence-corrected chi connectivity index (χ2v) is 10.8. The largest absolute Gasteiger partial charge is 0.478 e. The lowest BCUT2D eigenvalue weighted by atomic mass is 9.93. The fraction of sp³-hybridized carbons (Fsp3) is 0.633. The van der Waals surface area contributed by atoms with Gasteiger partial charge in [-0.15, -0.1) is 11.8 Å². The average Bonchev–Trinajstić information content (AvgIpc) is 2.83. The molecule has 0 spiro atoms. The number of Topliss-reactive ketones (excluding diaryl/α,β-unsaturated/α-hetero) is 1. The zero-order valence-corrected chi connectivity index (χ0v) is 23.2. The van der Waals surface area contributed by atoms with E-state index in [4.69, 9.17) is 4.74 Å². The molecule has 0 aliphatic carbocycles. The third kappa shape index (κ3) is 15.0. The Kier molecular flexibility index (Phi) is 17.5. The number of esters is 1. The highest BCUT2D eigenvalue weighted by Gasteiger charge is 2.26. The van der Waals surface area contributed by atoms with Crippen LogP contribution >= 0.6 is 11.8 Å². The van der Waals surface area contributed by atoms with Gasteiger partial charge in [0.25, 0.3) is 0 Å². The molecule has 1 N–H and O–H groups in total. The SMILES string of the molecule is CC#CCCCCCCCCCCCSCC(=O)CC(CC(C)C)C(=O)Oc1ccccc1C(=O)O. The highest BCUT2D eigenvalue weighted by Crippen LogP contribution is 2.24. The van der Waals surface area contributed by atoms with Crippen molar-refractivity contribution in [2.24, 2.45) is 11.8 Å². The van der Waals surface area contributed by atoms with Gasteiger partial charge in [-0.3, -0.25) is 9.59 Å². The number of carbonyl (C=O) groups excluding carboxylic acids is 2. The summed E-state index contributed by atoms with van der Waals surface area (Å²) in [7, 11) is 0. The van der Waals surface area contributed by atoms with Crippen molar-refractivity contribution in [3.63, 3.8) is 0 Å². The molecule has 200 valence electrons. The minimum Gasteiger partial charge on any atom is -0.478 e. The first-order valence-electron chi connectivity index (χ1n) is 13.4. The summed E-state index contributed by atoms with van der Waals surface area (Å²) in [4.78, 5) is 36.7. The van der Waals surface area contributed by atoms with Crippen LogP contribution in [0.3, 0.4) is 0 Å². The topological polar surface area (TPSA) is 80.7 Å². The molecule has 1 unspecified atom stereocenters. The smallest absolute Gasteiger partial charge is 0.339 e. The lowest BCUT2D eigenvalue weighted by Crippen LogP contribution is -2.26. The Morgan fingerprint density at radius 2 is 1.56 bits per heavy atom. The lowest BCUT2D eigenvalue weighted by Gasteiger charge is -2.18. The number of aromatic carboxylic acids is 1. The van der Waals surface area contributed by atoms with Gasteiger partial charge in [0.1, 0.15) is 17.1 Å². The van der Waals surface area contributed by atoms with Crippen molar-refractivity contribution in [2.45, 2.75) is 97.8 Å². The summed E-state index contributed by atoms with van der Waals surface area (Å²) < 4.78 is 5.41. The zero-order chi connectivity index (χ0) is 26.6. The van der Waals surface area contributed by atoms with E-state index >= 15 is 0 Å². The molecule has 1 aromatic rings. The molecule has 0 fully saturated rings. The van der Waals surface area contributed by atoms with Crippen LogP contribution in [0.5, 0.6) is 5.75 Å². The van der Waals surface area contributed by atoms with Crippen LogP contribution in [-0.4, -0.2) is 34.3 Å². The summed E-state index contributed by atoms with van der Waals surface area (Å²) in [6.07, 6.45) is 12.9. The molecule has 0 aliphatic heterocycles. The molecule has 0 bridgehead atoms. The number of ether oxygens (including phenoxy) is 1. The zero-order valence-electron chi connectivity index (χ0n) is 22.4. The number of rotatable bonds is 20. The highest BCUT2D eigenvalue weighted by molar-refractivity contribution is 7.99. The normalized spacial score (nSPS) is 11.6. The van der Waals surface area contributed by atoms with E-state index in [1.165, 1.54) is 63.5 Å². The third-order valence-corrected chi connectivity index (χ3v) is 7.03. The molecule has 0 aromatic heterocycles. The van der Waals surface area contributed by atoms with Crippen molar-refractivity contribution in [2.75, 3.05) is 11.5 Å². The molecule has 5 nitrogen and oxygen atoms in total. The van der Waals surface area contributed by atoms with Crippen LogP contribution in [0, 0.1) is 23.7 Å². The standard InChI is InChI=1S/C30H44O5S/c1-4-5-6-7-8-9-10-11-12-13-14-17-20-36-23-26(31)22-25(21-24(2)3)30(34)35-28-19-16-15-18-27(28)29(32)33/h15-16,18-19,24-25H,6-14,17,20-23H2,1-3H3,(H,32,33). The van der Waals surface area contributed by atoms with Crippen molar-refractivity contribution in [3.05, 3.63) is 29.8 Å². The molecule has 6 heteroatoms. The summed E-state index contributed by atoms with van der Waals surface area (Å²) in [5, 5.41) is 9.31. The minimum atomic E-state index is -1.15. The molecule has 0 heterocycles. The summed E-state index contributed by atoms with van der Waals surface area (Å²) in [5.74, 6) is 5.43. The molecule has 1 rings (SSSR count). The van der Waals surface area contributed by atoms with Crippen molar-refractivity contribution in [1.29, 1.82) is 0 Å². The first kappa shape index (κ1) is 31.8. The van der Waals surface area contributed by atoms with Crippen LogP contribution in [0.4, 0.5) is 0 Å². The van der Waals surface area contributed by atoms with Crippen LogP contribution in [0.15, 0.2) is 24.3 Å². The van der Waals surface area contributed by atoms with Gasteiger partial charge in [-0.2, -0.15) is 11.8 Å². The molecule has 1 atom stereocenters. The van der Waals surface area contributed by atoms with Gasteiger partial charge in [0.2, 0.25) is 0 Å². The van der Waals surface area contributed by atoms with Gasteiger partial charge >= 0.3 is 11.9 Å². The summed E-state index contributed by atoms with van der Waals surface area (Å²) in [6, 6.07) is 6.07. The van der Waals surface area contributed by atoms with Gasteiger partial charge in [-0.25, -0.2) is 4.79 Å². The monoisotopic (exact) mass is 516 g/mol. The third-order valence-electron chi connectivity index (χ3n) is 5.92. The lowest BCUT2D eigenvalue weighted by molar-refractivity contribution is -0.141. The molecule has 0 amide bonds. The van der Waals surface area contributed by atoms with Crippen LogP contribution in [0.2, 0.25) is 0 Å². The van der Waals surface area contributed by atoms with Gasteiger partial charge in [0.05, 0.1) is 11.7 Å². The number of carboxylic acid groups (broad SMARTS) is 1. The summed E-state index contributed by atoms with van der Waals surface area (Å²) in [6.45, 7) is 5.88. The second kappa shape index (κ2) is 19.9. The Balaban J connectivity index is 2.26. The Hall–Kier alpha value is -2.26. The van der Waals surface area contributed by atoms with Crippen LogP contribution < -0.4 is 4.74 Å². The van der Waals surface area contributed by atoms with Crippen molar-refractivity contribution < 1.29 is 24.2 Å². The molecule has 0 aliphatic rings. The molecular weight excluding hydrogens is 472 g/mol. The number of hydrogen-bond acceptors (Lipinski definition) is 5. The summed E-state index contributed by atoms with van der Waals surface area (Å²) >= 11 is 1.64. The Labute approximate surface area is 222 Å². The predicted molar refractivity (Wildman–Crippen MR) is 149 cm³/mol. The number of benzene rings is 1. The van der Waals surface area contributed by atoms with E-state index < -0.39 is 17.9 Å².